The van der Waals surface area contributed by atoms with E-state index in [1.165, 1.54) is 0 Å². The van der Waals surface area contributed by atoms with Gasteiger partial charge in [0.2, 0.25) is 0 Å². The largest absolute Gasteiger partial charge is 0.446 e. The third-order valence-electron chi connectivity index (χ3n) is 1.57. The number of hydrogen-bond donors (Lipinski definition) is 1. The van der Waals surface area contributed by atoms with Crippen LogP contribution in [-0.2, 0) is 4.74 Å². The Kier molecular flexibility index (Phi) is 6.02. The molecule has 0 spiro atoms. The van der Waals surface area contributed by atoms with Crippen LogP contribution in [0, 0.1) is 5.92 Å². The first-order valence-electron chi connectivity index (χ1n) is 4.70. The zero-order valence-electron chi connectivity index (χ0n) is 8.83. The molecule has 0 rings (SSSR count). The van der Waals surface area contributed by atoms with Crippen LogP contribution in [0.1, 0.15) is 34.1 Å². The molecule has 0 saturated carbocycles. The standard InChI is InChI=1S/C10H19NO2/c1-5-9(4)13-10(12)11-7-6-8(2)3/h6-9H,5H2,1-4H3,(H,11,12)/b7-6+. The molecule has 3 heteroatoms. The Morgan fingerprint density at radius 1 is 1.46 bits per heavy atom. The Morgan fingerprint density at radius 3 is 2.54 bits per heavy atom. The number of carbonyl (C=O) groups is 1. The van der Waals surface area contributed by atoms with Crippen LogP contribution in [-0.4, -0.2) is 12.2 Å². The summed E-state index contributed by atoms with van der Waals surface area (Å²) in [6, 6.07) is 0. The molecular formula is C10H19NO2. The molecule has 13 heavy (non-hydrogen) atoms. The number of nitrogens with one attached hydrogen (secondary N) is 1. The minimum absolute atomic E-state index is 0.0209. The van der Waals surface area contributed by atoms with E-state index in [9.17, 15) is 4.79 Å². The summed E-state index contributed by atoms with van der Waals surface area (Å²) in [6.07, 6.45) is 3.95. The zero-order chi connectivity index (χ0) is 10.3. The Morgan fingerprint density at radius 2 is 2.08 bits per heavy atom. The highest BCUT2D eigenvalue weighted by molar-refractivity contribution is 5.68. The van der Waals surface area contributed by atoms with Gasteiger partial charge in [-0.2, -0.15) is 0 Å². The van der Waals surface area contributed by atoms with Gasteiger partial charge in [-0.15, -0.1) is 0 Å². The molecule has 0 aliphatic carbocycles. The molecule has 0 saturated heterocycles. The Labute approximate surface area is 80.2 Å². The highest BCUT2D eigenvalue weighted by Gasteiger charge is 2.04. The molecule has 1 N–H and O–H groups in total. The molecule has 0 heterocycles. The average Bonchev–Trinajstić information content (AvgIpc) is 2.03. The van der Waals surface area contributed by atoms with Gasteiger partial charge in [-0.1, -0.05) is 26.8 Å². The van der Waals surface area contributed by atoms with Crippen molar-refractivity contribution in [3.63, 3.8) is 0 Å². The lowest BCUT2D eigenvalue weighted by molar-refractivity contribution is 0.108. The third-order valence-corrected chi connectivity index (χ3v) is 1.57. The fourth-order valence-electron chi connectivity index (χ4n) is 0.609. The number of rotatable bonds is 4. The Hall–Kier alpha value is -0.990. The van der Waals surface area contributed by atoms with E-state index < -0.39 is 0 Å². The molecule has 0 aromatic carbocycles. The topological polar surface area (TPSA) is 38.3 Å². The van der Waals surface area contributed by atoms with Crippen LogP contribution in [0.2, 0.25) is 0 Å². The van der Waals surface area contributed by atoms with Gasteiger partial charge in [0.05, 0.1) is 0 Å². The van der Waals surface area contributed by atoms with Crippen LogP contribution in [0.3, 0.4) is 0 Å². The molecule has 0 bridgehead atoms. The van der Waals surface area contributed by atoms with Gasteiger partial charge in [-0.3, -0.25) is 5.32 Å². The number of carbonyl (C=O) groups excluding carboxylic acids is 1. The van der Waals surface area contributed by atoms with Gasteiger partial charge < -0.3 is 4.74 Å². The smallest absolute Gasteiger partial charge is 0.411 e. The molecule has 1 amide bonds. The predicted octanol–water partition coefficient (Wildman–Crippen LogP) is 2.68. The molecule has 0 radical (unpaired) electrons. The highest BCUT2D eigenvalue weighted by Crippen LogP contribution is 1.96. The second-order valence-electron chi connectivity index (χ2n) is 3.37. The minimum Gasteiger partial charge on any atom is -0.446 e. The summed E-state index contributed by atoms with van der Waals surface area (Å²) in [5.74, 6) is 0.434. The Balaban J connectivity index is 3.63. The molecule has 76 valence electrons. The molecule has 0 aliphatic rings. The number of amides is 1. The number of alkyl carbamates (subject to hydrolysis) is 1. The van der Waals surface area contributed by atoms with E-state index in [2.05, 4.69) is 5.32 Å². The number of allylic oxidation sites excluding steroid dienone is 1. The van der Waals surface area contributed by atoms with Gasteiger partial charge in [0.1, 0.15) is 6.10 Å². The van der Waals surface area contributed by atoms with Crippen molar-refractivity contribution < 1.29 is 9.53 Å². The van der Waals surface area contributed by atoms with Crippen molar-refractivity contribution in [2.45, 2.75) is 40.2 Å². The number of hydrogen-bond acceptors (Lipinski definition) is 2. The molecular weight excluding hydrogens is 166 g/mol. The second-order valence-corrected chi connectivity index (χ2v) is 3.37. The summed E-state index contributed by atoms with van der Waals surface area (Å²) < 4.78 is 4.98. The van der Waals surface area contributed by atoms with Crippen LogP contribution < -0.4 is 5.32 Å². The van der Waals surface area contributed by atoms with Crippen molar-refractivity contribution in [1.82, 2.24) is 5.32 Å². The summed E-state index contributed by atoms with van der Waals surface area (Å²) >= 11 is 0. The molecule has 0 aromatic heterocycles. The maximum atomic E-state index is 11.0. The minimum atomic E-state index is -0.383. The van der Waals surface area contributed by atoms with Crippen LogP contribution in [0.15, 0.2) is 12.3 Å². The van der Waals surface area contributed by atoms with Gasteiger partial charge in [-0.05, 0) is 19.3 Å². The molecule has 3 nitrogen and oxygen atoms in total. The monoisotopic (exact) mass is 185 g/mol. The van der Waals surface area contributed by atoms with E-state index in [0.29, 0.717) is 5.92 Å². The van der Waals surface area contributed by atoms with Crippen LogP contribution in [0.4, 0.5) is 4.79 Å². The molecule has 1 unspecified atom stereocenters. The fraction of sp³-hybridized carbons (Fsp3) is 0.700. The van der Waals surface area contributed by atoms with E-state index in [4.69, 9.17) is 4.74 Å². The van der Waals surface area contributed by atoms with E-state index in [1.54, 1.807) is 6.20 Å². The SMILES string of the molecule is CCC(C)OC(=O)N/C=C/C(C)C. The summed E-state index contributed by atoms with van der Waals surface area (Å²) in [6.45, 7) is 7.92. The van der Waals surface area contributed by atoms with E-state index in [1.807, 2.05) is 33.8 Å². The average molecular weight is 185 g/mol. The van der Waals surface area contributed by atoms with E-state index >= 15 is 0 Å². The maximum Gasteiger partial charge on any atom is 0.411 e. The van der Waals surface area contributed by atoms with Gasteiger partial charge >= 0.3 is 6.09 Å². The summed E-state index contributed by atoms with van der Waals surface area (Å²) in [5, 5.41) is 2.54. The van der Waals surface area contributed by atoms with E-state index in [0.717, 1.165) is 6.42 Å². The van der Waals surface area contributed by atoms with Gasteiger partial charge in [0.15, 0.2) is 0 Å². The van der Waals surface area contributed by atoms with Crippen molar-refractivity contribution in [3.05, 3.63) is 12.3 Å². The first kappa shape index (κ1) is 12.0. The molecule has 0 fully saturated rings. The lowest BCUT2D eigenvalue weighted by atomic mass is 10.2. The molecule has 0 aliphatic heterocycles. The first-order valence-corrected chi connectivity index (χ1v) is 4.70. The van der Waals surface area contributed by atoms with Crippen LogP contribution in [0.25, 0.3) is 0 Å². The van der Waals surface area contributed by atoms with E-state index in [-0.39, 0.29) is 12.2 Å². The van der Waals surface area contributed by atoms with Crippen LogP contribution in [0.5, 0.6) is 0 Å². The van der Waals surface area contributed by atoms with Gasteiger partial charge in [-0.25, -0.2) is 4.79 Å². The lowest BCUT2D eigenvalue weighted by Crippen LogP contribution is -2.23. The summed E-state index contributed by atoms with van der Waals surface area (Å²) in [4.78, 5) is 11.0. The maximum absolute atomic E-state index is 11.0. The van der Waals surface area contributed by atoms with Crippen molar-refractivity contribution in [1.29, 1.82) is 0 Å². The first-order chi connectivity index (χ1) is 6.06. The van der Waals surface area contributed by atoms with Crippen molar-refractivity contribution in [2.75, 3.05) is 0 Å². The Bertz CT molecular complexity index is 176. The molecule has 0 aromatic rings. The van der Waals surface area contributed by atoms with Gasteiger partial charge in [0.25, 0.3) is 0 Å². The quantitative estimate of drug-likeness (QED) is 0.731. The van der Waals surface area contributed by atoms with Crippen molar-refractivity contribution in [2.24, 2.45) is 5.92 Å². The van der Waals surface area contributed by atoms with Crippen molar-refractivity contribution >= 4 is 6.09 Å². The predicted molar refractivity (Wildman–Crippen MR) is 53.3 cm³/mol. The normalized spacial score (nSPS) is 13.3. The lowest BCUT2D eigenvalue weighted by Gasteiger charge is -2.09. The van der Waals surface area contributed by atoms with Gasteiger partial charge in [0, 0.05) is 6.20 Å². The summed E-state index contributed by atoms with van der Waals surface area (Å²) in [7, 11) is 0. The number of ether oxygens (including phenoxy) is 1. The summed E-state index contributed by atoms with van der Waals surface area (Å²) in [5.41, 5.74) is 0. The third kappa shape index (κ3) is 7.37. The second kappa shape index (κ2) is 6.52. The van der Waals surface area contributed by atoms with Crippen LogP contribution >= 0.6 is 0 Å². The fourth-order valence-corrected chi connectivity index (χ4v) is 0.609. The zero-order valence-corrected chi connectivity index (χ0v) is 8.83. The molecule has 1 atom stereocenters. The van der Waals surface area contributed by atoms with Crippen molar-refractivity contribution in [3.8, 4) is 0 Å². The highest BCUT2D eigenvalue weighted by atomic mass is 16.6.